The fourth-order valence-electron chi connectivity index (χ4n) is 2.46. The Morgan fingerprint density at radius 2 is 1.78 bits per heavy atom. The Balaban J connectivity index is 2.08. The van der Waals surface area contributed by atoms with Crippen LogP contribution in [0.1, 0.15) is 18.4 Å². The zero-order valence-electron chi connectivity index (χ0n) is 12.8. The first kappa shape index (κ1) is 18.0. The summed E-state index contributed by atoms with van der Waals surface area (Å²) >= 11 is 0. The van der Waals surface area contributed by atoms with Crippen molar-refractivity contribution in [1.82, 2.24) is 4.90 Å². The molecule has 0 aliphatic heterocycles. The summed E-state index contributed by atoms with van der Waals surface area (Å²) in [6.45, 7) is 0. The SMILES string of the molecule is CN(C)[C@@H](Cc1ccc(OS(=O)(=O)C(F)(F)F)cc1)C1(N)CC1. The van der Waals surface area contributed by atoms with Gasteiger partial charge in [-0.25, -0.2) is 0 Å². The Labute approximate surface area is 133 Å². The van der Waals surface area contributed by atoms with Crippen LogP contribution in [0.3, 0.4) is 0 Å². The van der Waals surface area contributed by atoms with Crippen LogP contribution in [0.15, 0.2) is 24.3 Å². The number of halogens is 3. The van der Waals surface area contributed by atoms with Crippen molar-refractivity contribution < 1.29 is 25.8 Å². The molecule has 0 unspecified atom stereocenters. The molecule has 0 radical (unpaired) electrons. The first-order valence-electron chi connectivity index (χ1n) is 7.00. The van der Waals surface area contributed by atoms with Gasteiger partial charge in [0.1, 0.15) is 5.75 Å². The molecule has 1 saturated carbocycles. The maximum Gasteiger partial charge on any atom is 0.534 e. The summed E-state index contributed by atoms with van der Waals surface area (Å²) in [6, 6.07) is 5.61. The third-order valence-corrected chi connectivity index (χ3v) is 4.93. The van der Waals surface area contributed by atoms with Gasteiger partial charge in [-0.3, -0.25) is 0 Å². The van der Waals surface area contributed by atoms with Crippen LogP contribution in [0.5, 0.6) is 5.75 Å². The van der Waals surface area contributed by atoms with Gasteiger partial charge in [0.2, 0.25) is 0 Å². The van der Waals surface area contributed by atoms with E-state index in [9.17, 15) is 21.6 Å². The number of rotatable bonds is 6. The van der Waals surface area contributed by atoms with Gasteiger partial charge in [-0.15, -0.1) is 0 Å². The summed E-state index contributed by atoms with van der Waals surface area (Å²) < 4.78 is 62.7. The van der Waals surface area contributed by atoms with E-state index in [1.807, 2.05) is 19.0 Å². The average molecular weight is 352 g/mol. The molecule has 9 heteroatoms. The number of hydrogen-bond donors (Lipinski definition) is 1. The molecule has 1 aromatic carbocycles. The molecule has 2 N–H and O–H groups in total. The predicted octanol–water partition coefficient (Wildman–Crippen LogP) is 1.88. The Morgan fingerprint density at radius 3 is 2.17 bits per heavy atom. The normalized spacial score (nSPS) is 18.7. The maximum absolute atomic E-state index is 12.3. The highest BCUT2D eigenvalue weighted by atomic mass is 32.2. The molecule has 0 bridgehead atoms. The van der Waals surface area contributed by atoms with Crippen LogP contribution in [-0.4, -0.2) is 44.5 Å². The van der Waals surface area contributed by atoms with Gasteiger partial charge in [-0.2, -0.15) is 21.6 Å². The number of nitrogens with zero attached hydrogens (tertiary/aromatic N) is 1. The van der Waals surface area contributed by atoms with Gasteiger partial charge in [0.15, 0.2) is 0 Å². The van der Waals surface area contributed by atoms with Crippen molar-refractivity contribution in [1.29, 1.82) is 0 Å². The van der Waals surface area contributed by atoms with E-state index in [-0.39, 0.29) is 17.3 Å². The van der Waals surface area contributed by atoms with Crippen molar-refractivity contribution >= 4 is 10.1 Å². The topological polar surface area (TPSA) is 72.6 Å². The molecule has 0 saturated heterocycles. The second-order valence-electron chi connectivity index (χ2n) is 6.04. The summed E-state index contributed by atoms with van der Waals surface area (Å²) in [7, 11) is -1.80. The summed E-state index contributed by atoms with van der Waals surface area (Å²) in [6.07, 6.45) is 2.48. The van der Waals surface area contributed by atoms with E-state index < -0.39 is 15.6 Å². The zero-order chi connectivity index (χ0) is 17.5. The number of benzene rings is 1. The van der Waals surface area contributed by atoms with Crippen LogP contribution >= 0.6 is 0 Å². The van der Waals surface area contributed by atoms with Gasteiger partial charge in [0.25, 0.3) is 0 Å². The monoisotopic (exact) mass is 352 g/mol. The summed E-state index contributed by atoms with van der Waals surface area (Å²) in [5.41, 5.74) is 1.39. The molecule has 1 fully saturated rings. The van der Waals surface area contributed by atoms with Gasteiger partial charge in [0, 0.05) is 11.6 Å². The third kappa shape index (κ3) is 4.15. The minimum atomic E-state index is -5.64. The maximum atomic E-state index is 12.3. The number of hydrogen-bond acceptors (Lipinski definition) is 5. The van der Waals surface area contributed by atoms with Crippen molar-refractivity contribution in [2.24, 2.45) is 5.73 Å². The summed E-state index contributed by atoms with van der Waals surface area (Å²) in [4.78, 5) is 2.02. The Bertz CT molecular complexity index is 653. The summed E-state index contributed by atoms with van der Waals surface area (Å²) in [5.74, 6) is -0.374. The highest BCUT2D eigenvalue weighted by molar-refractivity contribution is 7.87. The van der Waals surface area contributed by atoms with Crippen LogP contribution in [-0.2, 0) is 16.5 Å². The van der Waals surface area contributed by atoms with Crippen molar-refractivity contribution in [3.8, 4) is 5.75 Å². The van der Waals surface area contributed by atoms with Crippen LogP contribution in [0.25, 0.3) is 0 Å². The Morgan fingerprint density at radius 1 is 1.26 bits per heavy atom. The summed E-state index contributed by atoms with van der Waals surface area (Å²) in [5, 5.41) is 0. The first-order valence-corrected chi connectivity index (χ1v) is 8.40. The van der Waals surface area contributed by atoms with E-state index in [0.29, 0.717) is 6.42 Å². The minimum absolute atomic E-state index is 0.105. The largest absolute Gasteiger partial charge is 0.534 e. The molecule has 1 atom stereocenters. The van der Waals surface area contributed by atoms with Crippen LogP contribution < -0.4 is 9.92 Å². The molecule has 1 aromatic rings. The lowest BCUT2D eigenvalue weighted by molar-refractivity contribution is -0.0500. The van der Waals surface area contributed by atoms with Crippen LogP contribution in [0.2, 0.25) is 0 Å². The second-order valence-corrected chi connectivity index (χ2v) is 7.58. The molecule has 0 aromatic heterocycles. The van der Waals surface area contributed by atoms with E-state index >= 15 is 0 Å². The van der Waals surface area contributed by atoms with Crippen molar-refractivity contribution in [2.75, 3.05) is 14.1 Å². The lowest BCUT2D eigenvalue weighted by atomic mass is 9.97. The van der Waals surface area contributed by atoms with Gasteiger partial charge in [-0.1, -0.05) is 12.1 Å². The third-order valence-electron chi connectivity index (χ3n) is 3.96. The zero-order valence-corrected chi connectivity index (χ0v) is 13.6. The molecule has 5 nitrogen and oxygen atoms in total. The molecular weight excluding hydrogens is 333 g/mol. The molecule has 1 aliphatic carbocycles. The lowest BCUT2D eigenvalue weighted by Gasteiger charge is -2.30. The number of alkyl halides is 3. The Kier molecular flexibility index (Phi) is 4.67. The molecule has 23 heavy (non-hydrogen) atoms. The molecule has 130 valence electrons. The molecular formula is C14H19F3N2O3S. The smallest absolute Gasteiger partial charge is 0.376 e. The van der Waals surface area contributed by atoms with E-state index in [1.54, 1.807) is 12.1 Å². The molecule has 0 spiro atoms. The highest BCUT2D eigenvalue weighted by Gasteiger charge is 2.48. The molecule has 0 heterocycles. The van der Waals surface area contributed by atoms with Crippen molar-refractivity contribution in [3.63, 3.8) is 0 Å². The standard InChI is InChI=1S/C14H19F3N2O3S/c1-19(2)12(13(18)7-8-13)9-10-3-5-11(6-4-10)22-23(20,21)14(15,16)17/h3-6,12H,7-9,18H2,1-2H3/t12-/m0/s1. The van der Waals surface area contributed by atoms with Crippen LogP contribution in [0, 0.1) is 0 Å². The van der Waals surface area contributed by atoms with E-state index in [2.05, 4.69) is 4.18 Å². The minimum Gasteiger partial charge on any atom is -0.376 e. The van der Waals surface area contributed by atoms with E-state index in [0.717, 1.165) is 18.4 Å². The fourth-order valence-corrected chi connectivity index (χ4v) is 2.91. The average Bonchev–Trinajstić information content (AvgIpc) is 3.14. The second kappa shape index (κ2) is 5.95. The predicted molar refractivity (Wildman–Crippen MR) is 79.4 cm³/mol. The number of nitrogens with two attached hydrogens (primary N) is 1. The highest BCUT2D eigenvalue weighted by Crippen LogP contribution is 2.39. The van der Waals surface area contributed by atoms with Crippen molar-refractivity contribution in [2.45, 2.75) is 36.4 Å². The Hall–Kier alpha value is -1.32. The lowest BCUT2D eigenvalue weighted by Crippen LogP contribution is -2.47. The molecule has 0 amide bonds. The molecule has 2 rings (SSSR count). The first-order chi connectivity index (χ1) is 10.4. The van der Waals surface area contributed by atoms with Gasteiger partial charge in [0.05, 0.1) is 0 Å². The van der Waals surface area contributed by atoms with Gasteiger partial charge >= 0.3 is 15.6 Å². The van der Waals surface area contributed by atoms with Crippen LogP contribution in [0.4, 0.5) is 13.2 Å². The van der Waals surface area contributed by atoms with Gasteiger partial charge in [-0.05, 0) is 51.1 Å². The number of likely N-dealkylation sites (N-methyl/N-ethyl adjacent to an activating group) is 1. The molecule has 1 aliphatic rings. The van der Waals surface area contributed by atoms with Crippen molar-refractivity contribution in [3.05, 3.63) is 29.8 Å². The van der Waals surface area contributed by atoms with Gasteiger partial charge < -0.3 is 14.8 Å². The van der Waals surface area contributed by atoms with E-state index in [4.69, 9.17) is 5.73 Å². The van der Waals surface area contributed by atoms with E-state index in [1.165, 1.54) is 12.1 Å². The quantitative estimate of drug-likeness (QED) is 0.625. The fraction of sp³-hybridized carbons (Fsp3) is 0.571.